The molecule has 1 atom stereocenters. The molecule has 0 aliphatic carbocycles. The van der Waals surface area contributed by atoms with Crippen LogP contribution in [0.15, 0.2) is 36.5 Å². The number of hydrogen-bond donors (Lipinski definition) is 1. The van der Waals surface area contributed by atoms with Gasteiger partial charge in [-0.05, 0) is 70.9 Å². The van der Waals surface area contributed by atoms with Crippen molar-refractivity contribution in [2.45, 2.75) is 58.7 Å². The zero-order valence-electron chi connectivity index (χ0n) is 23.4. The maximum atomic E-state index is 13.7. The number of nitrogens with zero attached hydrogens (tertiary/aromatic N) is 6. The van der Waals surface area contributed by atoms with Crippen molar-refractivity contribution >= 4 is 34.1 Å². The molecular weight excluding hydrogens is 496 g/mol. The van der Waals surface area contributed by atoms with Crippen molar-refractivity contribution < 1.29 is 19.4 Å². The largest absolute Gasteiger partial charge is 0.494 e. The molecule has 1 aliphatic heterocycles. The molecule has 206 valence electrons. The number of pyridine rings is 1. The lowest BCUT2D eigenvalue weighted by Gasteiger charge is -2.44. The van der Waals surface area contributed by atoms with Gasteiger partial charge in [-0.2, -0.15) is 0 Å². The molecule has 0 saturated carbocycles. The molecule has 1 saturated heterocycles. The van der Waals surface area contributed by atoms with E-state index in [-0.39, 0.29) is 11.9 Å². The first-order valence-electron chi connectivity index (χ1n) is 13.4. The number of benzene rings is 1. The van der Waals surface area contributed by atoms with Crippen LogP contribution in [0.3, 0.4) is 0 Å². The third-order valence-corrected chi connectivity index (χ3v) is 7.58. The predicted molar refractivity (Wildman–Crippen MR) is 150 cm³/mol. The first-order chi connectivity index (χ1) is 18.5. The molecule has 2 amide bonds. The van der Waals surface area contributed by atoms with Crippen LogP contribution in [-0.4, -0.2) is 77.8 Å². The summed E-state index contributed by atoms with van der Waals surface area (Å²) >= 11 is 0. The van der Waals surface area contributed by atoms with Crippen LogP contribution in [0, 0.1) is 0 Å². The molecule has 4 heterocycles. The molecule has 3 aromatic heterocycles. The summed E-state index contributed by atoms with van der Waals surface area (Å²) in [5, 5.41) is 10.9. The van der Waals surface area contributed by atoms with E-state index < -0.39 is 11.6 Å². The van der Waals surface area contributed by atoms with Crippen LogP contribution in [0.25, 0.3) is 33.6 Å². The lowest BCUT2D eigenvalue weighted by atomic mass is 9.97. The fourth-order valence-electron chi connectivity index (χ4n) is 5.93. The number of aromatic nitrogens is 4. The van der Waals surface area contributed by atoms with E-state index in [4.69, 9.17) is 9.72 Å². The highest BCUT2D eigenvalue weighted by atomic mass is 16.5. The van der Waals surface area contributed by atoms with Crippen LogP contribution in [0.4, 0.5) is 4.79 Å². The first-order valence-corrected chi connectivity index (χ1v) is 13.4. The number of carbonyl (C=O) groups is 2. The standard InChI is InChI=1S/C29H36N6O4/c1-7-34-22(15-18-10-8-12-30-25(18)34)26-31-21-14-19(16-23(39-6)24(21)32(26)5)27(36)33-13-9-11-20(17-33)35(28(37)38)29(2,3)4/h8,10,12,14-16,20H,7,9,11,13,17H2,1-6H3,(H,37,38). The molecule has 4 aromatic rings. The fraction of sp³-hybridized carbons (Fsp3) is 0.448. The number of carboxylic acid groups (broad SMARTS) is 1. The van der Waals surface area contributed by atoms with Gasteiger partial charge in [-0.15, -0.1) is 0 Å². The predicted octanol–water partition coefficient (Wildman–Crippen LogP) is 5.00. The zero-order chi connectivity index (χ0) is 28.1. The van der Waals surface area contributed by atoms with Crippen LogP contribution in [-0.2, 0) is 13.6 Å². The Morgan fingerprint density at radius 3 is 2.67 bits per heavy atom. The number of piperidine rings is 1. The summed E-state index contributed by atoms with van der Waals surface area (Å²) in [5.74, 6) is 1.16. The van der Waals surface area contributed by atoms with E-state index >= 15 is 0 Å². The summed E-state index contributed by atoms with van der Waals surface area (Å²) in [6.45, 7) is 9.38. The number of fused-ring (bicyclic) bond motifs is 2. The van der Waals surface area contributed by atoms with Gasteiger partial charge in [0, 0.05) is 49.4 Å². The van der Waals surface area contributed by atoms with E-state index in [1.807, 2.05) is 50.6 Å². The van der Waals surface area contributed by atoms with Crippen molar-refractivity contribution in [2.24, 2.45) is 7.05 Å². The first kappa shape index (κ1) is 26.5. The molecule has 0 bridgehead atoms. The van der Waals surface area contributed by atoms with E-state index in [0.717, 1.165) is 47.5 Å². The van der Waals surface area contributed by atoms with Crippen LogP contribution in [0.5, 0.6) is 5.75 Å². The number of hydrogen-bond acceptors (Lipinski definition) is 5. The monoisotopic (exact) mass is 532 g/mol. The highest BCUT2D eigenvalue weighted by Crippen LogP contribution is 2.34. The van der Waals surface area contributed by atoms with Crippen LogP contribution in [0.2, 0.25) is 0 Å². The van der Waals surface area contributed by atoms with Crippen LogP contribution in [0.1, 0.15) is 50.9 Å². The second-order valence-electron chi connectivity index (χ2n) is 11.1. The van der Waals surface area contributed by atoms with Crippen molar-refractivity contribution in [3.8, 4) is 17.3 Å². The lowest BCUT2D eigenvalue weighted by Crippen LogP contribution is -2.57. The molecule has 1 aliphatic rings. The molecule has 1 unspecified atom stereocenters. The average Bonchev–Trinajstić information content (AvgIpc) is 3.43. The number of amides is 2. The minimum Gasteiger partial charge on any atom is -0.494 e. The number of likely N-dealkylation sites (tertiary alicyclic amines) is 1. The van der Waals surface area contributed by atoms with Gasteiger partial charge in [-0.3, -0.25) is 9.69 Å². The normalized spacial score (nSPS) is 16.2. The van der Waals surface area contributed by atoms with Crippen LogP contribution >= 0.6 is 0 Å². The maximum absolute atomic E-state index is 13.7. The smallest absolute Gasteiger partial charge is 0.408 e. The molecule has 0 spiro atoms. The second kappa shape index (κ2) is 9.91. The summed E-state index contributed by atoms with van der Waals surface area (Å²) in [5.41, 5.74) is 3.20. The number of rotatable bonds is 5. The molecule has 10 nitrogen and oxygen atoms in total. The highest BCUT2D eigenvalue weighted by molar-refractivity contribution is 6.00. The minimum absolute atomic E-state index is 0.154. The topological polar surface area (TPSA) is 106 Å². The molecule has 1 fully saturated rings. The minimum atomic E-state index is -0.967. The van der Waals surface area contributed by atoms with Gasteiger partial charge in [-0.25, -0.2) is 14.8 Å². The van der Waals surface area contributed by atoms with Crippen molar-refractivity contribution in [3.05, 3.63) is 42.1 Å². The molecule has 1 aromatic carbocycles. The Morgan fingerprint density at radius 2 is 2.00 bits per heavy atom. The molecule has 39 heavy (non-hydrogen) atoms. The van der Waals surface area contributed by atoms with E-state index in [0.29, 0.717) is 29.9 Å². The number of carbonyl (C=O) groups excluding carboxylic acids is 1. The lowest BCUT2D eigenvalue weighted by molar-refractivity contribution is 0.0315. The summed E-state index contributed by atoms with van der Waals surface area (Å²) < 4.78 is 9.88. The van der Waals surface area contributed by atoms with Gasteiger partial charge in [0.25, 0.3) is 5.91 Å². The van der Waals surface area contributed by atoms with Gasteiger partial charge in [0.05, 0.1) is 24.4 Å². The summed E-state index contributed by atoms with van der Waals surface area (Å²) in [7, 11) is 3.54. The van der Waals surface area contributed by atoms with Gasteiger partial charge >= 0.3 is 6.09 Å². The van der Waals surface area contributed by atoms with E-state index in [9.17, 15) is 14.7 Å². The fourth-order valence-corrected chi connectivity index (χ4v) is 5.93. The Morgan fingerprint density at radius 1 is 1.23 bits per heavy atom. The van der Waals surface area contributed by atoms with Gasteiger partial charge in [0.2, 0.25) is 0 Å². The van der Waals surface area contributed by atoms with Gasteiger partial charge in [0.1, 0.15) is 16.9 Å². The average molecular weight is 533 g/mol. The third-order valence-electron chi connectivity index (χ3n) is 7.58. The third kappa shape index (κ3) is 4.57. The Balaban J connectivity index is 1.53. The van der Waals surface area contributed by atoms with E-state index in [1.165, 1.54) is 4.90 Å². The van der Waals surface area contributed by atoms with E-state index in [2.05, 4.69) is 22.5 Å². The Kier molecular flexibility index (Phi) is 6.74. The molecular formula is C29H36N6O4. The van der Waals surface area contributed by atoms with E-state index in [1.54, 1.807) is 24.3 Å². The van der Waals surface area contributed by atoms with Crippen molar-refractivity contribution in [2.75, 3.05) is 20.2 Å². The number of methoxy groups -OCH3 is 1. The number of ether oxygens (including phenoxy) is 1. The zero-order valence-corrected chi connectivity index (χ0v) is 23.4. The maximum Gasteiger partial charge on any atom is 0.408 e. The molecule has 10 heteroatoms. The summed E-state index contributed by atoms with van der Waals surface area (Å²) in [6.07, 6.45) is 2.28. The Labute approximate surface area is 227 Å². The van der Waals surface area contributed by atoms with Crippen molar-refractivity contribution in [1.82, 2.24) is 28.9 Å². The molecule has 1 N–H and O–H groups in total. The number of imidazole rings is 1. The quantitative estimate of drug-likeness (QED) is 0.388. The van der Waals surface area contributed by atoms with Gasteiger partial charge in [0.15, 0.2) is 5.82 Å². The van der Waals surface area contributed by atoms with Crippen LogP contribution < -0.4 is 4.74 Å². The summed E-state index contributed by atoms with van der Waals surface area (Å²) in [4.78, 5) is 38.5. The Bertz CT molecular complexity index is 1560. The second-order valence-corrected chi connectivity index (χ2v) is 11.1. The SMILES string of the molecule is CCn1c(-c2nc3cc(C(=O)N4CCCC(N(C(=O)O)C(C)(C)C)C4)cc(OC)c3n2C)cc2cccnc21. The van der Waals surface area contributed by atoms with Crippen molar-refractivity contribution in [1.29, 1.82) is 0 Å². The van der Waals surface area contributed by atoms with Gasteiger partial charge in [-0.1, -0.05) is 0 Å². The molecule has 0 radical (unpaired) electrons. The Hall–Kier alpha value is -4.08. The summed E-state index contributed by atoms with van der Waals surface area (Å²) in [6, 6.07) is 9.35. The van der Waals surface area contributed by atoms with Crippen molar-refractivity contribution in [3.63, 3.8) is 0 Å². The highest BCUT2D eigenvalue weighted by Gasteiger charge is 2.37. The molecule has 5 rings (SSSR count). The van der Waals surface area contributed by atoms with Gasteiger partial charge < -0.3 is 23.9 Å². The number of aryl methyl sites for hydroxylation is 2.